The fourth-order valence-corrected chi connectivity index (χ4v) is 2.20. The maximum absolute atomic E-state index is 12.1. The van der Waals surface area contributed by atoms with Crippen molar-refractivity contribution >= 4 is 33.5 Å². The van der Waals surface area contributed by atoms with Gasteiger partial charge in [0.1, 0.15) is 0 Å². The third-order valence-corrected chi connectivity index (χ3v) is 3.86. The predicted molar refractivity (Wildman–Crippen MR) is 80.2 cm³/mol. The summed E-state index contributed by atoms with van der Waals surface area (Å²) < 4.78 is 0.571. The zero-order valence-corrected chi connectivity index (χ0v) is 12.3. The summed E-state index contributed by atoms with van der Waals surface area (Å²) in [5.41, 5.74) is 1.63. The molecule has 2 rings (SSSR count). The Labute approximate surface area is 124 Å². The predicted octanol–water partition coefficient (Wildman–Crippen LogP) is 3.71. The molecule has 0 spiro atoms. The number of hydrogen-bond acceptors (Lipinski definition) is 2. The molecule has 0 aromatic heterocycles. The fraction of sp³-hybridized carbons (Fsp3) is 0.0667. The summed E-state index contributed by atoms with van der Waals surface area (Å²) in [7, 11) is 0. The number of halogens is 1. The first-order valence-corrected chi connectivity index (χ1v) is 6.69. The first kappa shape index (κ1) is 14.3. The Balaban J connectivity index is 2.41. The summed E-state index contributed by atoms with van der Waals surface area (Å²) in [4.78, 5) is 23.4. The van der Waals surface area contributed by atoms with E-state index in [4.69, 9.17) is 0 Å². The Morgan fingerprint density at radius 3 is 2.35 bits per heavy atom. The van der Waals surface area contributed by atoms with Crippen LogP contribution in [0.4, 0.5) is 5.69 Å². The second-order valence-electron chi connectivity index (χ2n) is 4.24. The van der Waals surface area contributed by atoms with E-state index in [9.17, 15) is 14.7 Å². The smallest absolute Gasteiger partial charge is 0.337 e. The molecule has 102 valence electrons. The zero-order chi connectivity index (χ0) is 14.7. The number of anilines is 1. The molecule has 2 N–H and O–H groups in total. The van der Waals surface area contributed by atoms with Gasteiger partial charge in [0.15, 0.2) is 0 Å². The summed E-state index contributed by atoms with van der Waals surface area (Å²) in [6.45, 7) is 1.83. The minimum absolute atomic E-state index is 0.0479. The van der Waals surface area contributed by atoms with Gasteiger partial charge in [0.25, 0.3) is 5.91 Å². The van der Waals surface area contributed by atoms with Gasteiger partial charge in [-0.25, -0.2) is 4.79 Å². The number of nitrogens with one attached hydrogen (secondary N) is 1. The van der Waals surface area contributed by atoms with E-state index >= 15 is 0 Å². The highest BCUT2D eigenvalue weighted by molar-refractivity contribution is 9.10. The van der Waals surface area contributed by atoms with Gasteiger partial charge in [0, 0.05) is 10.0 Å². The molecule has 0 bridgehead atoms. The van der Waals surface area contributed by atoms with Gasteiger partial charge in [-0.15, -0.1) is 0 Å². The van der Waals surface area contributed by atoms with Crippen LogP contribution in [0.25, 0.3) is 0 Å². The van der Waals surface area contributed by atoms with Gasteiger partial charge in [0.05, 0.1) is 11.3 Å². The van der Waals surface area contributed by atoms with Crippen LogP contribution >= 0.6 is 15.9 Å². The topological polar surface area (TPSA) is 66.4 Å². The summed E-state index contributed by atoms with van der Waals surface area (Å²) in [6, 6.07) is 11.8. The standard InChI is InChI=1S/C15H12BrNO3/c1-9-7-8-11(15(19)20)13(12(9)16)17-14(18)10-5-3-2-4-6-10/h2-8H,1H3,(H,17,18)(H,19,20). The van der Waals surface area contributed by atoms with E-state index in [0.29, 0.717) is 10.0 Å². The molecule has 0 fully saturated rings. The van der Waals surface area contributed by atoms with E-state index < -0.39 is 5.97 Å². The lowest BCUT2D eigenvalue weighted by molar-refractivity contribution is 0.0698. The third-order valence-electron chi connectivity index (χ3n) is 2.84. The van der Waals surface area contributed by atoms with Crippen LogP contribution in [0.2, 0.25) is 0 Å². The first-order valence-electron chi connectivity index (χ1n) is 5.89. The van der Waals surface area contributed by atoms with Gasteiger partial charge < -0.3 is 10.4 Å². The second-order valence-corrected chi connectivity index (χ2v) is 5.04. The molecule has 0 heterocycles. The molecule has 0 aliphatic heterocycles. The van der Waals surface area contributed by atoms with Gasteiger partial charge in [-0.3, -0.25) is 4.79 Å². The normalized spacial score (nSPS) is 10.1. The lowest BCUT2D eigenvalue weighted by Crippen LogP contribution is -2.15. The van der Waals surface area contributed by atoms with Gasteiger partial charge in [0.2, 0.25) is 0 Å². The van der Waals surface area contributed by atoms with Crippen LogP contribution in [0.1, 0.15) is 26.3 Å². The van der Waals surface area contributed by atoms with Crippen molar-refractivity contribution in [2.45, 2.75) is 6.92 Å². The molecule has 0 atom stereocenters. The van der Waals surface area contributed by atoms with Crippen molar-refractivity contribution in [1.82, 2.24) is 0 Å². The van der Waals surface area contributed by atoms with Crippen molar-refractivity contribution in [2.24, 2.45) is 0 Å². The molecule has 4 nitrogen and oxygen atoms in total. The number of carboxylic acid groups (broad SMARTS) is 1. The zero-order valence-electron chi connectivity index (χ0n) is 10.7. The van der Waals surface area contributed by atoms with Crippen LogP contribution in [0, 0.1) is 6.92 Å². The first-order chi connectivity index (χ1) is 9.50. The van der Waals surface area contributed by atoms with Gasteiger partial charge in [-0.2, -0.15) is 0 Å². The molecule has 0 aliphatic rings. The molecular formula is C15H12BrNO3. The summed E-state index contributed by atoms with van der Waals surface area (Å²) in [5.74, 6) is -1.44. The van der Waals surface area contributed by atoms with Gasteiger partial charge in [-0.05, 0) is 46.6 Å². The van der Waals surface area contributed by atoms with E-state index in [-0.39, 0.29) is 17.2 Å². The molecule has 2 aromatic rings. The highest BCUT2D eigenvalue weighted by Gasteiger charge is 2.17. The number of carboxylic acids is 1. The average Bonchev–Trinajstić information content (AvgIpc) is 2.44. The fourth-order valence-electron chi connectivity index (χ4n) is 1.76. The average molecular weight is 334 g/mol. The molecule has 1 amide bonds. The van der Waals surface area contributed by atoms with E-state index in [1.165, 1.54) is 6.07 Å². The van der Waals surface area contributed by atoms with E-state index in [1.54, 1.807) is 30.3 Å². The highest BCUT2D eigenvalue weighted by atomic mass is 79.9. The highest BCUT2D eigenvalue weighted by Crippen LogP contribution is 2.30. The molecule has 20 heavy (non-hydrogen) atoms. The Morgan fingerprint density at radius 1 is 1.10 bits per heavy atom. The van der Waals surface area contributed by atoms with Crippen molar-refractivity contribution in [1.29, 1.82) is 0 Å². The lowest BCUT2D eigenvalue weighted by Gasteiger charge is -2.12. The number of rotatable bonds is 3. The van der Waals surface area contributed by atoms with Crippen LogP contribution in [-0.2, 0) is 0 Å². The van der Waals surface area contributed by atoms with Crippen molar-refractivity contribution in [3.8, 4) is 0 Å². The molecule has 0 saturated carbocycles. The van der Waals surface area contributed by atoms with Crippen LogP contribution in [-0.4, -0.2) is 17.0 Å². The molecule has 0 aliphatic carbocycles. The minimum atomic E-state index is -1.09. The van der Waals surface area contributed by atoms with Crippen molar-refractivity contribution < 1.29 is 14.7 Å². The Bertz CT molecular complexity index is 668. The monoisotopic (exact) mass is 333 g/mol. The Morgan fingerprint density at radius 2 is 1.75 bits per heavy atom. The van der Waals surface area contributed by atoms with E-state index in [2.05, 4.69) is 21.2 Å². The summed E-state index contributed by atoms with van der Waals surface area (Å²) in [5, 5.41) is 11.8. The molecule has 0 saturated heterocycles. The Hall–Kier alpha value is -2.14. The van der Waals surface area contributed by atoms with Crippen molar-refractivity contribution in [2.75, 3.05) is 5.32 Å². The number of carbonyl (C=O) groups excluding carboxylic acids is 1. The second kappa shape index (κ2) is 5.88. The molecular weight excluding hydrogens is 322 g/mol. The third kappa shape index (κ3) is 2.88. The number of aryl methyl sites for hydroxylation is 1. The van der Waals surface area contributed by atoms with E-state index in [0.717, 1.165) is 5.56 Å². The molecule has 0 radical (unpaired) electrons. The van der Waals surface area contributed by atoms with Crippen LogP contribution in [0.5, 0.6) is 0 Å². The van der Waals surface area contributed by atoms with Crippen molar-refractivity contribution in [3.05, 3.63) is 63.6 Å². The van der Waals surface area contributed by atoms with Gasteiger partial charge in [-0.1, -0.05) is 24.3 Å². The quantitative estimate of drug-likeness (QED) is 0.899. The van der Waals surface area contributed by atoms with Gasteiger partial charge >= 0.3 is 5.97 Å². The number of carbonyl (C=O) groups is 2. The largest absolute Gasteiger partial charge is 0.478 e. The molecule has 5 heteroatoms. The molecule has 0 unspecified atom stereocenters. The molecule has 2 aromatic carbocycles. The lowest BCUT2D eigenvalue weighted by atomic mass is 10.1. The van der Waals surface area contributed by atoms with Crippen LogP contribution < -0.4 is 5.32 Å². The summed E-state index contributed by atoms with van der Waals surface area (Å²) >= 11 is 3.32. The maximum Gasteiger partial charge on any atom is 0.337 e. The van der Waals surface area contributed by atoms with E-state index in [1.807, 2.05) is 13.0 Å². The maximum atomic E-state index is 12.1. The van der Waals surface area contributed by atoms with Crippen LogP contribution in [0.3, 0.4) is 0 Å². The van der Waals surface area contributed by atoms with Crippen LogP contribution in [0.15, 0.2) is 46.9 Å². The minimum Gasteiger partial charge on any atom is -0.478 e. The summed E-state index contributed by atoms with van der Waals surface area (Å²) in [6.07, 6.45) is 0. The number of hydrogen-bond donors (Lipinski definition) is 2. The number of aromatic carboxylic acids is 1. The SMILES string of the molecule is Cc1ccc(C(=O)O)c(NC(=O)c2ccccc2)c1Br. The van der Waals surface area contributed by atoms with Crippen molar-refractivity contribution in [3.63, 3.8) is 0 Å². The number of benzene rings is 2. The Kier molecular flexibility index (Phi) is 4.20. The number of amides is 1.